The molecular formula is C13H7ClO2S. The van der Waals surface area contributed by atoms with Crippen molar-refractivity contribution in [1.82, 2.24) is 0 Å². The van der Waals surface area contributed by atoms with Crippen LogP contribution in [0.3, 0.4) is 0 Å². The summed E-state index contributed by atoms with van der Waals surface area (Å²) in [6, 6.07) is 7.53. The molecule has 1 N–H and O–H groups in total. The Labute approximate surface area is 107 Å². The van der Waals surface area contributed by atoms with Crippen LogP contribution in [0.4, 0.5) is 0 Å². The second-order valence-corrected chi connectivity index (χ2v) is 5.10. The summed E-state index contributed by atoms with van der Waals surface area (Å²) in [7, 11) is 0. The fraction of sp³-hybridized carbons (Fsp3) is 0. The minimum absolute atomic E-state index is 0.621. The molecule has 0 unspecified atom stereocenters. The van der Waals surface area contributed by atoms with Crippen molar-refractivity contribution < 1.29 is 9.90 Å². The minimum Gasteiger partial charge on any atom is -0.478 e. The second kappa shape index (κ2) is 3.72. The molecule has 84 valence electrons. The fourth-order valence-electron chi connectivity index (χ4n) is 2.09. The largest absolute Gasteiger partial charge is 0.478 e. The molecule has 0 bridgehead atoms. The van der Waals surface area contributed by atoms with E-state index in [1.54, 1.807) is 11.3 Å². The zero-order valence-corrected chi connectivity index (χ0v) is 10.2. The smallest absolute Gasteiger partial charge is 0.328 e. The van der Waals surface area contributed by atoms with Crippen LogP contribution in [0.25, 0.3) is 16.0 Å². The van der Waals surface area contributed by atoms with Crippen molar-refractivity contribution in [1.29, 1.82) is 0 Å². The fourth-order valence-corrected chi connectivity index (χ4v) is 3.21. The normalized spacial score (nSPS) is 14.8. The number of rotatable bonds is 1. The molecular weight excluding hydrogens is 256 g/mol. The highest BCUT2D eigenvalue weighted by molar-refractivity contribution is 7.14. The highest BCUT2D eigenvalue weighted by Gasteiger charge is 2.25. The molecule has 4 heteroatoms. The number of halogens is 1. The molecule has 0 fully saturated rings. The van der Waals surface area contributed by atoms with Crippen LogP contribution in [-0.2, 0) is 4.79 Å². The zero-order valence-electron chi connectivity index (χ0n) is 8.61. The molecule has 1 aliphatic carbocycles. The van der Waals surface area contributed by atoms with Gasteiger partial charge in [-0.25, -0.2) is 4.79 Å². The third kappa shape index (κ3) is 1.59. The van der Waals surface area contributed by atoms with Crippen LogP contribution in [0, 0.1) is 0 Å². The van der Waals surface area contributed by atoms with Crippen LogP contribution in [0.15, 0.2) is 35.7 Å². The summed E-state index contributed by atoms with van der Waals surface area (Å²) in [6.45, 7) is 0. The van der Waals surface area contributed by atoms with E-state index in [9.17, 15) is 4.79 Å². The molecule has 0 radical (unpaired) electrons. The molecule has 1 heterocycles. The second-order valence-electron chi connectivity index (χ2n) is 3.75. The predicted molar refractivity (Wildman–Crippen MR) is 69.5 cm³/mol. The number of carbonyl (C=O) groups is 1. The predicted octanol–water partition coefficient (Wildman–Crippen LogP) is 3.90. The Balaban J connectivity index is 2.33. The lowest BCUT2D eigenvalue weighted by Crippen LogP contribution is -1.91. The van der Waals surface area contributed by atoms with E-state index in [4.69, 9.17) is 16.7 Å². The number of benzene rings is 1. The van der Waals surface area contributed by atoms with Crippen molar-refractivity contribution in [2.24, 2.45) is 0 Å². The van der Waals surface area contributed by atoms with Crippen molar-refractivity contribution in [3.05, 3.63) is 51.9 Å². The zero-order chi connectivity index (χ0) is 12.0. The SMILES string of the molecule is O=C(O)/C=C1\c2cc(Cl)ccc2-c2sccc21. The quantitative estimate of drug-likeness (QED) is 0.676. The molecule has 1 aromatic carbocycles. The number of carboxylic acid groups (broad SMARTS) is 1. The number of aliphatic carboxylic acids is 1. The summed E-state index contributed by atoms with van der Waals surface area (Å²) in [5, 5.41) is 11.5. The van der Waals surface area contributed by atoms with Gasteiger partial charge < -0.3 is 5.11 Å². The van der Waals surface area contributed by atoms with Gasteiger partial charge in [0.05, 0.1) is 0 Å². The van der Waals surface area contributed by atoms with Crippen LogP contribution in [0.5, 0.6) is 0 Å². The van der Waals surface area contributed by atoms with Crippen LogP contribution in [0.2, 0.25) is 5.02 Å². The topological polar surface area (TPSA) is 37.3 Å². The van der Waals surface area contributed by atoms with Gasteiger partial charge in [0.1, 0.15) is 0 Å². The lowest BCUT2D eigenvalue weighted by molar-refractivity contribution is -0.131. The van der Waals surface area contributed by atoms with E-state index < -0.39 is 5.97 Å². The van der Waals surface area contributed by atoms with Gasteiger partial charge in [-0.3, -0.25) is 0 Å². The van der Waals surface area contributed by atoms with Gasteiger partial charge >= 0.3 is 5.97 Å². The van der Waals surface area contributed by atoms with Crippen molar-refractivity contribution in [2.45, 2.75) is 0 Å². The highest BCUT2D eigenvalue weighted by Crippen LogP contribution is 2.47. The number of hydrogen-bond donors (Lipinski definition) is 1. The van der Waals surface area contributed by atoms with Gasteiger partial charge in [-0.2, -0.15) is 0 Å². The Morgan fingerprint density at radius 2 is 2.06 bits per heavy atom. The van der Waals surface area contributed by atoms with Gasteiger partial charge in [-0.15, -0.1) is 11.3 Å². The molecule has 1 aliphatic rings. The monoisotopic (exact) mass is 262 g/mol. The summed E-state index contributed by atoms with van der Waals surface area (Å²) in [6.07, 6.45) is 1.24. The minimum atomic E-state index is -0.940. The van der Waals surface area contributed by atoms with E-state index in [1.165, 1.54) is 6.08 Å². The molecule has 2 nitrogen and oxygen atoms in total. The van der Waals surface area contributed by atoms with Gasteiger partial charge in [0.15, 0.2) is 0 Å². The highest BCUT2D eigenvalue weighted by atomic mass is 35.5. The van der Waals surface area contributed by atoms with Gasteiger partial charge in [0.2, 0.25) is 0 Å². The van der Waals surface area contributed by atoms with Gasteiger partial charge in [-0.1, -0.05) is 17.7 Å². The van der Waals surface area contributed by atoms with E-state index in [-0.39, 0.29) is 0 Å². The number of thiophene rings is 1. The Kier molecular flexibility index (Phi) is 2.31. The third-order valence-corrected chi connectivity index (χ3v) is 3.92. The van der Waals surface area contributed by atoms with Crippen LogP contribution < -0.4 is 0 Å². The number of fused-ring (bicyclic) bond motifs is 3. The van der Waals surface area contributed by atoms with Crippen LogP contribution in [-0.4, -0.2) is 11.1 Å². The standard InChI is InChI=1S/C13H7ClO2S/c14-7-1-2-8-10(5-7)11(6-12(15)16)9-3-4-17-13(8)9/h1-6H,(H,15,16)/b11-6-. The van der Waals surface area contributed by atoms with Gasteiger partial charge in [0.25, 0.3) is 0 Å². The summed E-state index contributed by atoms with van der Waals surface area (Å²) >= 11 is 7.58. The first kappa shape index (κ1) is 10.6. The molecule has 2 aromatic rings. The Morgan fingerprint density at radius 3 is 2.82 bits per heavy atom. The molecule has 0 spiro atoms. The Hall–Kier alpha value is -1.58. The molecule has 17 heavy (non-hydrogen) atoms. The van der Waals surface area contributed by atoms with Crippen LogP contribution in [0.1, 0.15) is 11.1 Å². The lowest BCUT2D eigenvalue weighted by atomic mass is 10.0. The van der Waals surface area contributed by atoms with E-state index in [0.717, 1.165) is 27.1 Å². The van der Waals surface area contributed by atoms with Crippen molar-refractivity contribution in [3.8, 4) is 10.4 Å². The van der Waals surface area contributed by atoms with E-state index in [2.05, 4.69) is 0 Å². The lowest BCUT2D eigenvalue weighted by Gasteiger charge is -2.01. The molecule has 1 aromatic heterocycles. The number of carboxylic acids is 1. The molecule has 0 saturated heterocycles. The first-order valence-corrected chi connectivity index (χ1v) is 6.25. The summed E-state index contributed by atoms with van der Waals surface area (Å²) in [5.74, 6) is -0.940. The molecule has 0 saturated carbocycles. The average Bonchev–Trinajstić information content (AvgIpc) is 2.82. The van der Waals surface area contributed by atoms with E-state index in [0.29, 0.717) is 5.02 Å². The van der Waals surface area contributed by atoms with Crippen molar-refractivity contribution in [2.75, 3.05) is 0 Å². The van der Waals surface area contributed by atoms with E-state index in [1.807, 2.05) is 29.6 Å². The molecule has 0 atom stereocenters. The van der Waals surface area contributed by atoms with E-state index >= 15 is 0 Å². The first-order valence-electron chi connectivity index (χ1n) is 4.99. The Morgan fingerprint density at radius 1 is 1.24 bits per heavy atom. The van der Waals surface area contributed by atoms with Gasteiger partial charge in [0, 0.05) is 27.1 Å². The summed E-state index contributed by atoms with van der Waals surface area (Å²) in [5.41, 5.74) is 3.69. The van der Waals surface area contributed by atoms with Crippen LogP contribution >= 0.6 is 22.9 Å². The summed E-state index contributed by atoms with van der Waals surface area (Å²) in [4.78, 5) is 12.0. The molecule has 3 rings (SSSR count). The maximum Gasteiger partial charge on any atom is 0.328 e. The first-order chi connectivity index (χ1) is 8.16. The third-order valence-electron chi connectivity index (χ3n) is 2.74. The molecule has 0 aliphatic heterocycles. The maximum atomic E-state index is 10.9. The van der Waals surface area contributed by atoms with Crippen molar-refractivity contribution >= 4 is 34.5 Å². The number of hydrogen-bond acceptors (Lipinski definition) is 2. The summed E-state index contributed by atoms with van der Waals surface area (Å²) < 4.78 is 0. The average molecular weight is 263 g/mol. The van der Waals surface area contributed by atoms with Gasteiger partial charge in [-0.05, 0) is 34.7 Å². The molecule has 0 amide bonds. The Bertz CT molecular complexity index is 655. The van der Waals surface area contributed by atoms with Crippen molar-refractivity contribution in [3.63, 3.8) is 0 Å². The maximum absolute atomic E-state index is 10.9.